The predicted molar refractivity (Wildman–Crippen MR) is 87.0 cm³/mol. The van der Waals surface area contributed by atoms with Crippen LogP contribution in [0.2, 0.25) is 0 Å². The molecule has 1 aromatic carbocycles. The van der Waals surface area contributed by atoms with Crippen molar-refractivity contribution in [3.8, 4) is 0 Å². The molecular weight excluding hydrogens is 317 g/mol. The molecule has 1 aromatic rings. The lowest BCUT2D eigenvalue weighted by Gasteiger charge is -2.28. The third kappa shape index (κ3) is 4.11. The van der Waals surface area contributed by atoms with E-state index < -0.39 is 10.0 Å². The standard InChI is InChI=1S/C17H24FNO3S/c1-19(23(20,21)12-10-16-3-2-11-22-16)17(13-4-5-13)14-6-8-15(18)9-7-14/h6-9,13,16-17H,2-5,10-12H2,1H3/t16-,17+/m0/s1. The third-order valence-electron chi connectivity index (χ3n) is 4.83. The van der Waals surface area contributed by atoms with Crippen LogP contribution in [0, 0.1) is 11.7 Å². The maximum atomic E-state index is 13.1. The fourth-order valence-corrected chi connectivity index (χ4v) is 4.81. The molecule has 2 aliphatic rings. The Bertz CT molecular complexity index is 622. The van der Waals surface area contributed by atoms with Gasteiger partial charge >= 0.3 is 0 Å². The second-order valence-corrected chi connectivity index (χ2v) is 8.74. The fraction of sp³-hybridized carbons (Fsp3) is 0.647. The van der Waals surface area contributed by atoms with Gasteiger partial charge in [-0.2, -0.15) is 4.31 Å². The Kier molecular flexibility index (Phi) is 5.04. The molecule has 0 radical (unpaired) electrons. The zero-order chi connectivity index (χ0) is 16.4. The molecule has 2 atom stereocenters. The highest BCUT2D eigenvalue weighted by Crippen LogP contribution is 2.45. The van der Waals surface area contributed by atoms with Crippen LogP contribution in [0.4, 0.5) is 4.39 Å². The molecule has 0 N–H and O–H groups in total. The Balaban J connectivity index is 1.71. The highest BCUT2D eigenvalue weighted by molar-refractivity contribution is 7.89. The van der Waals surface area contributed by atoms with E-state index in [4.69, 9.17) is 4.74 Å². The van der Waals surface area contributed by atoms with Crippen molar-refractivity contribution in [1.82, 2.24) is 4.31 Å². The molecule has 6 heteroatoms. The van der Waals surface area contributed by atoms with Gasteiger partial charge in [0.2, 0.25) is 10.0 Å². The molecule has 0 bridgehead atoms. The minimum absolute atomic E-state index is 0.0726. The lowest BCUT2D eigenvalue weighted by Crippen LogP contribution is -2.35. The maximum Gasteiger partial charge on any atom is 0.214 e. The quantitative estimate of drug-likeness (QED) is 0.765. The van der Waals surface area contributed by atoms with Crippen LogP contribution in [0.3, 0.4) is 0 Å². The number of halogens is 1. The van der Waals surface area contributed by atoms with Crippen LogP contribution in [0.1, 0.15) is 43.7 Å². The minimum atomic E-state index is -3.35. The van der Waals surface area contributed by atoms with E-state index in [1.807, 2.05) is 0 Å². The highest BCUT2D eigenvalue weighted by atomic mass is 32.2. The largest absolute Gasteiger partial charge is 0.378 e. The van der Waals surface area contributed by atoms with Crippen molar-refractivity contribution in [2.75, 3.05) is 19.4 Å². The molecule has 128 valence electrons. The molecule has 0 aromatic heterocycles. The van der Waals surface area contributed by atoms with E-state index in [0.717, 1.165) is 37.9 Å². The SMILES string of the molecule is CN([C@@H](c1ccc(F)cc1)C1CC1)S(=O)(=O)CC[C@@H]1CCCO1. The number of nitrogens with zero attached hydrogens (tertiary/aromatic N) is 1. The smallest absolute Gasteiger partial charge is 0.214 e. The van der Waals surface area contributed by atoms with Gasteiger partial charge in [-0.05, 0) is 55.7 Å². The minimum Gasteiger partial charge on any atom is -0.378 e. The summed E-state index contributed by atoms with van der Waals surface area (Å²) in [6, 6.07) is 6.01. The topological polar surface area (TPSA) is 46.6 Å². The number of ether oxygens (including phenoxy) is 1. The van der Waals surface area contributed by atoms with Gasteiger partial charge in [0.15, 0.2) is 0 Å². The zero-order valence-electron chi connectivity index (χ0n) is 13.4. The Hall–Kier alpha value is -0.980. The molecule has 1 heterocycles. The van der Waals surface area contributed by atoms with Crippen molar-refractivity contribution in [3.05, 3.63) is 35.6 Å². The lowest BCUT2D eigenvalue weighted by molar-refractivity contribution is 0.108. The van der Waals surface area contributed by atoms with Crippen molar-refractivity contribution in [2.24, 2.45) is 5.92 Å². The molecule has 1 aliphatic heterocycles. The van der Waals surface area contributed by atoms with E-state index in [0.29, 0.717) is 12.3 Å². The van der Waals surface area contributed by atoms with E-state index >= 15 is 0 Å². The van der Waals surface area contributed by atoms with Gasteiger partial charge in [-0.15, -0.1) is 0 Å². The van der Waals surface area contributed by atoms with E-state index in [2.05, 4.69) is 0 Å². The number of hydrogen-bond donors (Lipinski definition) is 0. The van der Waals surface area contributed by atoms with Gasteiger partial charge in [-0.1, -0.05) is 12.1 Å². The number of benzene rings is 1. The first-order valence-electron chi connectivity index (χ1n) is 8.30. The molecule has 1 saturated carbocycles. The molecule has 2 fully saturated rings. The first kappa shape index (κ1) is 16.9. The summed E-state index contributed by atoms with van der Waals surface area (Å²) >= 11 is 0. The monoisotopic (exact) mass is 341 g/mol. The molecule has 0 amide bonds. The van der Waals surface area contributed by atoms with Gasteiger partial charge in [-0.25, -0.2) is 12.8 Å². The second-order valence-electron chi connectivity index (χ2n) is 6.59. The number of hydrogen-bond acceptors (Lipinski definition) is 3. The predicted octanol–water partition coefficient (Wildman–Crippen LogP) is 3.11. The highest BCUT2D eigenvalue weighted by Gasteiger charge is 2.39. The van der Waals surface area contributed by atoms with E-state index in [1.54, 1.807) is 19.2 Å². The first-order valence-corrected chi connectivity index (χ1v) is 9.91. The van der Waals surface area contributed by atoms with Gasteiger partial charge in [-0.3, -0.25) is 0 Å². The summed E-state index contributed by atoms with van der Waals surface area (Å²) in [6.45, 7) is 0.737. The Labute approximate surface area is 137 Å². The molecule has 4 nitrogen and oxygen atoms in total. The molecule has 23 heavy (non-hydrogen) atoms. The van der Waals surface area contributed by atoms with Crippen LogP contribution >= 0.6 is 0 Å². The van der Waals surface area contributed by atoms with E-state index in [1.165, 1.54) is 16.4 Å². The average molecular weight is 341 g/mol. The summed E-state index contributed by atoms with van der Waals surface area (Å²) in [6.07, 6.45) is 4.63. The Morgan fingerprint density at radius 3 is 2.52 bits per heavy atom. The maximum absolute atomic E-state index is 13.1. The Morgan fingerprint density at radius 2 is 1.96 bits per heavy atom. The summed E-state index contributed by atoms with van der Waals surface area (Å²) < 4.78 is 45.6. The summed E-state index contributed by atoms with van der Waals surface area (Å²) in [7, 11) is -1.70. The van der Waals surface area contributed by atoms with Crippen LogP contribution in [0.15, 0.2) is 24.3 Å². The normalized spacial score (nSPS) is 23.3. The summed E-state index contributed by atoms with van der Waals surface area (Å²) in [4.78, 5) is 0. The number of rotatable bonds is 7. The van der Waals surface area contributed by atoms with Gasteiger partial charge < -0.3 is 4.74 Å². The van der Waals surface area contributed by atoms with Crippen LogP contribution in [-0.4, -0.2) is 38.2 Å². The van der Waals surface area contributed by atoms with Crippen molar-refractivity contribution < 1.29 is 17.5 Å². The van der Waals surface area contributed by atoms with Crippen LogP contribution in [0.5, 0.6) is 0 Å². The van der Waals surface area contributed by atoms with E-state index in [-0.39, 0.29) is 23.7 Å². The molecule has 1 aliphatic carbocycles. The van der Waals surface area contributed by atoms with Gasteiger partial charge in [0.05, 0.1) is 17.9 Å². The molecule has 0 spiro atoms. The summed E-state index contributed by atoms with van der Waals surface area (Å²) in [5, 5.41) is 0. The molecule has 3 rings (SSSR count). The van der Waals surface area contributed by atoms with Crippen molar-refractivity contribution >= 4 is 10.0 Å². The summed E-state index contributed by atoms with van der Waals surface area (Å²) in [5.74, 6) is 0.147. The third-order valence-corrected chi connectivity index (χ3v) is 6.69. The number of sulfonamides is 1. The van der Waals surface area contributed by atoms with Gasteiger partial charge in [0, 0.05) is 13.7 Å². The first-order chi connectivity index (χ1) is 11.0. The van der Waals surface area contributed by atoms with Crippen LogP contribution in [0.25, 0.3) is 0 Å². The van der Waals surface area contributed by atoms with Crippen LogP contribution < -0.4 is 0 Å². The Morgan fingerprint density at radius 1 is 1.26 bits per heavy atom. The zero-order valence-corrected chi connectivity index (χ0v) is 14.3. The van der Waals surface area contributed by atoms with Crippen molar-refractivity contribution in [2.45, 2.75) is 44.2 Å². The molecular formula is C17H24FNO3S. The van der Waals surface area contributed by atoms with Crippen molar-refractivity contribution in [1.29, 1.82) is 0 Å². The van der Waals surface area contributed by atoms with Gasteiger partial charge in [0.25, 0.3) is 0 Å². The fourth-order valence-electron chi connectivity index (χ4n) is 3.32. The van der Waals surface area contributed by atoms with Crippen LogP contribution in [-0.2, 0) is 14.8 Å². The van der Waals surface area contributed by atoms with Crippen molar-refractivity contribution in [3.63, 3.8) is 0 Å². The lowest BCUT2D eigenvalue weighted by atomic mass is 10.0. The second kappa shape index (κ2) is 6.87. The molecule has 0 unspecified atom stereocenters. The van der Waals surface area contributed by atoms with E-state index in [9.17, 15) is 12.8 Å². The summed E-state index contributed by atoms with van der Waals surface area (Å²) in [5.41, 5.74) is 0.872. The molecule has 1 saturated heterocycles. The average Bonchev–Trinajstić information content (AvgIpc) is 3.21. The van der Waals surface area contributed by atoms with Gasteiger partial charge in [0.1, 0.15) is 5.82 Å².